The number of fused-ring (bicyclic) bond motifs is 7. The second-order valence-corrected chi connectivity index (χ2v) is 18.7. The number of nitro groups is 2. The van der Waals surface area contributed by atoms with Gasteiger partial charge in [-0.05, 0) is 153 Å². The molecule has 10 atom stereocenters. The van der Waals surface area contributed by atoms with Gasteiger partial charge < -0.3 is 10.6 Å². The Kier molecular flexibility index (Phi) is 9.38. The van der Waals surface area contributed by atoms with Crippen LogP contribution in [0.5, 0.6) is 0 Å². The number of benzene rings is 2. The Morgan fingerprint density at radius 1 is 0.698 bits per heavy atom. The molecule has 5 aliphatic carbocycles. The molecule has 10 heteroatoms. The van der Waals surface area contributed by atoms with Crippen LogP contribution in [-0.2, 0) is 0 Å². The van der Waals surface area contributed by atoms with Gasteiger partial charge in [0.05, 0.1) is 9.85 Å². The maximum absolute atomic E-state index is 13.4. The molecular formula is C43H56N4O6. The molecule has 0 bridgehead atoms. The number of rotatable bonds is 7. The molecule has 284 valence electrons. The van der Waals surface area contributed by atoms with Gasteiger partial charge in [-0.15, -0.1) is 0 Å². The minimum absolute atomic E-state index is 0.0155. The van der Waals surface area contributed by atoms with Crippen molar-refractivity contribution in [3.05, 3.63) is 91.7 Å². The molecule has 2 N–H and O–H groups in total. The fourth-order valence-electron chi connectivity index (χ4n) is 13.5. The Morgan fingerprint density at radius 3 is 1.87 bits per heavy atom. The van der Waals surface area contributed by atoms with Crippen molar-refractivity contribution in [2.75, 3.05) is 0 Å². The maximum Gasteiger partial charge on any atom is 0.269 e. The molecule has 2 aromatic rings. The highest BCUT2D eigenvalue weighted by Crippen LogP contribution is 2.73. The van der Waals surface area contributed by atoms with Gasteiger partial charge in [-0.25, -0.2) is 0 Å². The fourth-order valence-corrected chi connectivity index (χ4v) is 13.5. The van der Waals surface area contributed by atoms with Crippen molar-refractivity contribution in [1.29, 1.82) is 0 Å². The average Bonchev–Trinajstić information content (AvgIpc) is 3.49. The highest BCUT2D eigenvalue weighted by molar-refractivity contribution is 5.95. The second-order valence-electron chi connectivity index (χ2n) is 18.7. The summed E-state index contributed by atoms with van der Waals surface area (Å²) in [4.78, 5) is 47.7. The lowest BCUT2D eigenvalue weighted by atomic mass is 9.36. The van der Waals surface area contributed by atoms with E-state index in [4.69, 9.17) is 0 Å². The molecule has 5 aliphatic rings. The zero-order valence-electron chi connectivity index (χ0n) is 32.2. The molecule has 10 unspecified atom stereocenters. The number of nitrogens with zero attached hydrogens (tertiary/aromatic N) is 2. The number of non-ortho nitro benzene ring substituents is 2. The third-order valence-corrected chi connectivity index (χ3v) is 16.0. The van der Waals surface area contributed by atoms with Crippen LogP contribution in [0.15, 0.2) is 60.3 Å². The average molecular weight is 725 g/mol. The first-order valence-corrected chi connectivity index (χ1v) is 19.8. The summed E-state index contributed by atoms with van der Waals surface area (Å²) < 4.78 is 0. The minimum atomic E-state index is -0.457. The number of carbonyl (C=O) groups excluding carboxylic acids is 2. The number of amides is 2. The van der Waals surface area contributed by atoms with Gasteiger partial charge in [0.1, 0.15) is 0 Å². The van der Waals surface area contributed by atoms with Crippen molar-refractivity contribution in [1.82, 2.24) is 10.6 Å². The predicted molar refractivity (Wildman–Crippen MR) is 204 cm³/mol. The Bertz CT molecular complexity index is 1820. The topological polar surface area (TPSA) is 144 Å². The Labute approximate surface area is 313 Å². The molecule has 0 spiro atoms. The van der Waals surface area contributed by atoms with E-state index in [2.05, 4.69) is 52.2 Å². The van der Waals surface area contributed by atoms with E-state index in [1.165, 1.54) is 80.5 Å². The fraction of sp³-hybridized carbons (Fsp3) is 0.628. The van der Waals surface area contributed by atoms with Crippen LogP contribution < -0.4 is 10.6 Å². The molecule has 0 aliphatic heterocycles. The molecule has 5 saturated carbocycles. The number of hydrogen-bond donors (Lipinski definition) is 2. The van der Waals surface area contributed by atoms with E-state index in [1.54, 1.807) is 12.1 Å². The smallest absolute Gasteiger partial charge is 0.269 e. The maximum atomic E-state index is 13.4. The first kappa shape index (κ1) is 37.2. The van der Waals surface area contributed by atoms with Gasteiger partial charge in [-0.1, -0.05) is 40.2 Å². The van der Waals surface area contributed by atoms with Crippen LogP contribution in [0.2, 0.25) is 0 Å². The molecule has 5 fully saturated rings. The molecule has 2 amide bonds. The molecule has 0 saturated heterocycles. The van der Waals surface area contributed by atoms with Gasteiger partial charge in [-0.2, -0.15) is 0 Å². The third-order valence-electron chi connectivity index (χ3n) is 16.0. The van der Waals surface area contributed by atoms with E-state index in [0.29, 0.717) is 52.0 Å². The minimum Gasteiger partial charge on any atom is -0.349 e. The molecule has 53 heavy (non-hydrogen) atoms. The molecule has 7 rings (SSSR count). The molecular weight excluding hydrogens is 668 g/mol. The summed E-state index contributed by atoms with van der Waals surface area (Å²) in [6, 6.07) is 11.7. The van der Waals surface area contributed by atoms with Gasteiger partial charge in [0.25, 0.3) is 23.2 Å². The molecule has 2 aromatic carbocycles. The largest absolute Gasteiger partial charge is 0.349 e. The number of hydrogen-bond acceptors (Lipinski definition) is 6. The summed E-state index contributed by atoms with van der Waals surface area (Å²) >= 11 is 0. The van der Waals surface area contributed by atoms with Crippen LogP contribution in [0.1, 0.15) is 126 Å². The number of allylic oxidation sites excluding steroid dienone is 1. The van der Waals surface area contributed by atoms with Gasteiger partial charge in [0.15, 0.2) is 0 Å². The number of carbonyl (C=O) groups is 2. The van der Waals surface area contributed by atoms with E-state index < -0.39 is 9.85 Å². The van der Waals surface area contributed by atoms with Gasteiger partial charge in [0, 0.05) is 47.6 Å². The van der Waals surface area contributed by atoms with Gasteiger partial charge in [-0.3, -0.25) is 29.8 Å². The normalized spacial score (nSPS) is 37.2. The summed E-state index contributed by atoms with van der Waals surface area (Å²) in [5, 5.41) is 28.6. The van der Waals surface area contributed by atoms with Crippen LogP contribution >= 0.6 is 0 Å². The zero-order chi connectivity index (χ0) is 38.1. The summed E-state index contributed by atoms with van der Waals surface area (Å²) in [5.41, 5.74) is 2.71. The molecule has 0 heterocycles. The zero-order valence-corrected chi connectivity index (χ0v) is 32.2. The number of nitro benzene ring substituents is 2. The highest BCUT2D eigenvalue weighted by Gasteiger charge is 2.66. The van der Waals surface area contributed by atoms with Crippen LogP contribution in [0.4, 0.5) is 11.4 Å². The van der Waals surface area contributed by atoms with Crippen LogP contribution in [0.3, 0.4) is 0 Å². The van der Waals surface area contributed by atoms with Crippen molar-refractivity contribution in [2.45, 2.75) is 112 Å². The predicted octanol–water partition coefficient (Wildman–Crippen LogP) is 9.65. The first-order chi connectivity index (χ1) is 25.0. The Balaban J connectivity index is 1.06. The second kappa shape index (κ2) is 13.3. The van der Waals surface area contributed by atoms with Crippen LogP contribution in [0.25, 0.3) is 0 Å². The summed E-state index contributed by atoms with van der Waals surface area (Å²) in [6.07, 6.45) is 13.7. The first-order valence-electron chi connectivity index (χ1n) is 19.8. The molecule has 10 nitrogen and oxygen atoms in total. The highest BCUT2D eigenvalue weighted by atomic mass is 16.6. The van der Waals surface area contributed by atoms with Crippen molar-refractivity contribution < 1.29 is 19.4 Å². The summed E-state index contributed by atoms with van der Waals surface area (Å²) in [5.74, 6) is 3.03. The van der Waals surface area contributed by atoms with Gasteiger partial charge >= 0.3 is 0 Å². The lowest BCUT2D eigenvalue weighted by molar-refractivity contribution is -0.385. The van der Waals surface area contributed by atoms with Crippen molar-refractivity contribution >= 4 is 23.2 Å². The van der Waals surface area contributed by atoms with Crippen molar-refractivity contribution in [2.24, 2.45) is 57.2 Å². The van der Waals surface area contributed by atoms with E-state index in [1.807, 2.05) is 6.20 Å². The molecule has 0 aromatic heterocycles. The summed E-state index contributed by atoms with van der Waals surface area (Å²) in [6.45, 7) is 14.6. The van der Waals surface area contributed by atoms with Crippen LogP contribution in [-0.4, -0.2) is 27.7 Å². The summed E-state index contributed by atoms with van der Waals surface area (Å²) in [7, 11) is 0. The van der Waals surface area contributed by atoms with Gasteiger partial charge in [0.2, 0.25) is 0 Å². The van der Waals surface area contributed by atoms with Crippen molar-refractivity contribution in [3.8, 4) is 0 Å². The van der Waals surface area contributed by atoms with E-state index in [9.17, 15) is 29.8 Å². The van der Waals surface area contributed by atoms with E-state index in [0.717, 1.165) is 25.7 Å². The monoisotopic (exact) mass is 724 g/mol. The van der Waals surface area contributed by atoms with E-state index >= 15 is 0 Å². The molecule has 0 radical (unpaired) electrons. The van der Waals surface area contributed by atoms with Crippen molar-refractivity contribution in [3.63, 3.8) is 0 Å². The van der Waals surface area contributed by atoms with E-state index in [-0.39, 0.29) is 45.5 Å². The Morgan fingerprint density at radius 2 is 1.26 bits per heavy atom. The standard InChI is InChI=1S/C43H56N4O6/c1-26(25-44-38(48)27-7-11-29(12-8-27)46(50)51)31-17-21-41(4)22-18-33-32(37(31)41)15-16-35-42(33,5)23-19-34-40(2,3)36(20-24-43(34,35)6)45-39(49)28-9-13-30(14-10-28)47(52)53/h7-14,25,31-37H,15-24H2,1-6H3,(H,44,48)(H,45,49). The third kappa shape index (κ3) is 6.18. The SMILES string of the molecule is CC(=CNC(=O)c1ccc([N+](=O)[O-])cc1)C1CCC2(C)CCC3C(CCC4C3(C)CCC3C(C)(C)C(NC(=O)c5ccc([N+](=O)[O-])cc5)CCC34C)C12. The number of nitrogens with one attached hydrogen (secondary N) is 2. The van der Waals surface area contributed by atoms with Crippen LogP contribution in [0, 0.1) is 77.4 Å². The lowest BCUT2D eigenvalue weighted by Crippen LogP contribution is -2.65. The quantitative estimate of drug-likeness (QED) is 0.215. The lowest BCUT2D eigenvalue weighted by Gasteiger charge is -2.69. The Hall–Kier alpha value is -4.08.